The van der Waals surface area contributed by atoms with E-state index < -0.39 is 0 Å². The SMILES string of the molecule is C[C@H]1CN(c2cc(F)c(-c3cnc(N4CCOCC4)nc3)cc2NC(=O)c2csc(CN(C)C)n2)CCN1C. The number of benzene rings is 1. The summed E-state index contributed by atoms with van der Waals surface area (Å²) in [5.41, 5.74) is 2.40. The molecule has 208 valence electrons. The molecule has 1 aromatic carbocycles. The van der Waals surface area contributed by atoms with E-state index in [1.165, 1.54) is 17.4 Å². The summed E-state index contributed by atoms with van der Waals surface area (Å²) in [6, 6.07) is 3.49. The van der Waals surface area contributed by atoms with Crippen molar-refractivity contribution in [3.05, 3.63) is 46.4 Å². The molecule has 5 rings (SSSR count). The number of carbonyl (C=O) groups excluding carboxylic acids is 1. The number of aromatic nitrogens is 3. The van der Waals surface area contributed by atoms with Crippen molar-refractivity contribution in [2.24, 2.45) is 0 Å². The molecule has 0 spiro atoms. The number of likely N-dealkylation sites (N-methyl/N-ethyl adjacent to an activating group) is 1. The van der Waals surface area contributed by atoms with E-state index >= 15 is 4.39 Å². The number of amides is 1. The predicted molar refractivity (Wildman–Crippen MR) is 152 cm³/mol. The second-order valence-corrected chi connectivity index (χ2v) is 11.3. The molecule has 3 aromatic rings. The van der Waals surface area contributed by atoms with E-state index in [0.29, 0.717) is 59.9 Å². The number of rotatable bonds is 7. The second-order valence-electron chi connectivity index (χ2n) is 10.3. The van der Waals surface area contributed by atoms with E-state index in [1.807, 2.05) is 23.9 Å². The van der Waals surface area contributed by atoms with Crippen LogP contribution in [0.5, 0.6) is 0 Å². The summed E-state index contributed by atoms with van der Waals surface area (Å²) in [6.45, 7) is 7.78. The first-order valence-corrected chi connectivity index (χ1v) is 14.0. The molecule has 4 heterocycles. The molecular formula is C27H35FN8O2S. The Morgan fingerprint density at radius 2 is 1.90 bits per heavy atom. The van der Waals surface area contributed by atoms with Gasteiger partial charge in [-0.25, -0.2) is 19.3 Å². The van der Waals surface area contributed by atoms with Crippen LogP contribution in [0.15, 0.2) is 29.9 Å². The van der Waals surface area contributed by atoms with E-state index in [0.717, 1.165) is 37.7 Å². The highest BCUT2D eigenvalue weighted by Gasteiger charge is 2.26. The Morgan fingerprint density at radius 3 is 2.59 bits per heavy atom. The molecule has 0 saturated carbocycles. The molecule has 0 aliphatic carbocycles. The van der Waals surface area contributed by atoms with Gasteiger partial charge in [0.15, 0.2) is 0 Å². The fourth-order valence-electron chi connectivity index (χ4n) is 4.74. The molecule has 2 saturated heterocycles. The number of piperazine rings is 1. The van der Waals surface area contributed by atoms with Gasteiger partial charge in [0.2, 0.25) is 5.95 Å². The van der Waals surface area contributed by atoms with Crippen LogP contribution in [0.2, 0.25) is 0 Å². The van der Waals surface area contributed by atoms with Gasteiger partial charge in [0.1, 0.15) is 16.5 Å². The molecule has 2 aromatic heterocycles. The van der Waals surface area contributed by atoms with Crippen LogP contribution in [0, 0.1) is 5.82 Å². The van der Waals surface area contributed by atoms with Crippen LogP contribution in [0.25, 0.3) is 11.1 Å². The summed E-state index contributed by atoms with van der Waals surface area (Å²) in [6.07, 6.45) is 3.26. The first kappa shape index (κ1) is 27.4. The van der Waals surface area contributed by atoms with Gasteiger partial charge in [-0.2, -0.15) is 0 Å². The summed E-state index contributed by atoms with van der Waals surface area (Å²) in [4.78, 5) is 35.2. The lowest BCUT2D eigenvalue weighted by atomic mass is 10.0. The third kappa shape index (κ3) is 6.35. The molecule has 1 N–H and O–H groups in total. The van der Waals surface area contributed by atoms with Crippen LogP contribution in [0.4, 0.5) is 21.7 Å². The van der Waals surface area contributed by atoms with Crippen molar-refractivity contribution in [1.29, 1.82) is 0 Å². The maximum atomic E-state index is 15.6. The topological polar surface area (TPSA) is 90.0 Å². The molecule has 12 heteroatoms. The number of anilines is 3. The Kier molecular flexibility index (Phi) is 8.36. The minimum Gasteiger partial charge on any atom is -0.378 e. The van der Waals surface area contributed by atoms with Crippen molar-refractivity contribution in [3.63, 3.8) is 0 Å². The van der Waals surface area contributed by atoms with Crippen molar-refractivity contribution in [2.75, 3.05) is 82.2 Å². The molecule has 0 unspecified atom stereocenters. The van der Waals surface area contributed by atoms with E-state index in [2.05, 4.69) is 44.0 Å². The fourth-order valence-corrected chi connectivity index (χ4v) is 5.64. The zero-order chi connectivity index (χ0) is 27.5. The number of carbonyl (C=O) groups is 1. The van der Waals surface area contributed by atoms with E-state index in [9.17, 15) is 4.79 Å². The molecule has 1 amide bonds. The average Bonchev–Trinajstić information content (AvgIpc) is 3.40. The predicted octanol–water partition coefficient (Wildman–Crippen LogP) is 3.03. The lowest BCUT2D eigenvalue weighted by Crippen LogP contribution is -2.50. The van der Waals surface area contributed by atoms with Crippen LogP contribution in [0.1, 0.15) is 22.4 Å². The largest absolute Gasteiger partial charge is 0.378 e. The first-order valence-electron chi connectivity index (χ1n) is 13.1. The molecule has 0 bridgehead atoms. The molecule has 39 heavy (non-hydrogen) atoms. The van der Waals surface area contributed by atoms with Gasteiger partial charge in [-0.3, -0.25) is 4.79 Å². The van der Waals surface area contributed by atoms with Crippen molar-refractivity contribution in [2.45, 2.75) is 19.5 Å². The summed E-state index contributed by atoms with van der Waals surface area (Å²) >= 11 is 1.45. The highest BCUT2D eigenvalue weighted by atomic mass is 32.1. The van der Waals surface area contributed by atoms with E-state index in [1.54, 1.807) is 23.8 Å². The third-order valence-electron chi connectivity index (χ3n) is 7.11. The Hall–Kier alpha value is -3.19. The number of hydrogen-bond acceptors (Lipinski definition) is 10. The smallest absolute Gasteiger partial charge is 0.275 e. The normalized spacial score (nSPS) is 18.6. The molecular weight excluding hydrogens is 519 g/mol. The monoisotopic (exact) mass is 554 g/mol. The highest BCUT2D eigenvalue weighted by molar-refractivity contribution is 7.09. The zero-order valence-corrected chi connectivity index (χ0v) is 23.7. The number of nitrogens with zero attached hydrogens (tertiary/aromatic N) is 7. The lowest BCUT2D eigenvalue weighted by molar-refractivity contribution is 0.102. The van der Waals surface area contributed by atoms with Crippen molar-refractivity contribution in [1.82, 2.24) is 24.8 Å². The third-order valence-corrected chi connectivity index (χ3v) is 7.95. The van der Waals surface area contributed by atoms with Crippen LogP contribution < -0.4 is 15.1 Å². The van der Waals surface area contributed by atoms with Gasteiger partial charge in [0.25, 0.3) is 5.91 Å². The average molecular weight is 555 g/mol. The van der Waals surface area contributed by atoms with Crippen molar-refractivity contribution < 1.29 is 13.9 Å². The molecule has 2 fully saturated rings. The van der Waals surface area contributed by atoms with Crippen molar-refractivity contribution >= 4 is 34.6 Å². The zero-order valence-electron chi connectivity index (χ0n) is 22.9. The van der Waals surface area contributed by atoms with E-state index in [-0.39, 0.29) is 11.7 Å². The number of morpholine rings is 1. The molecule has 0 radical (unpaired) electrons. The lowest BCUT2D eigenvalue weighted by Gasteiger charge is -2.39. The van der Waals surface area contributed by atoms with Gasteiger partial charge in [-0.1, -0.05) is 0 Å². The molecule has 10 nitrogen and oxygen atoms in total. The van der Waals surface area contributed by atoms with Gasteiger partial charge in [-0.15, -0.1) is 11.3 Å². The fraction of sp³-hybridized carbons (Fsp3) is 0.481. The van der Waals surface area contributed by atoms with Crippen LogP contribution in [-0.4, -0.2) is 104 Å². The van der Waals surface area contributed by atoms with Crippen LogP contribution >= 0.6 is 11.3 Å². The summed E-state index contributed by atoms with van der Waals surface area (Å²) in [5, 5.41) is 5.64. The number of thiazole rings is 1. The Bertz CT molecular complexity index is 1300. The Morgan fingerprint density at radius 1 is 1.15 bits per heavy atom. The summed E-state index contributed by atoms with van der Waals surface area (Å²) in [5.74, 6) is -0.119. The quantitative estimate of drug-likeness (QED) is 0.473. The Balaban J connectivity index is 1.46. The van der Waals surface area contributed by atoms with Gasteiger partial charge < -0.3 is 29.7 Å². The van der Waals surface area contributed by atoms with Crippen LogP contribution in [0.3, 0.4) is 0 Å². The maximum absolute atomic E-state index is 15.6. The minimum atomic E-state index is -0.390. The van der Waals surface area contributed by atoms with Gasteiger partial charge >= 0.3 is 0 Å². The second kappa shape index (κ2) is 11.9. The number of nitrogens with one attached hydrogen (secondary N) is 1. The highest BCUT2D eigenvalue weighted by Crippen LogP contribution is 2.35. The summed E-state index contributed by atoms with van der Waals surface area (Å²) in [7, 11) is 6.01. The standard InChI is InChI=1S/C27H35FN8O2S/c1-18-15-36(6-5-34(18)4)24-12-21(28)20(19-13-29-27(30-14-19)35-7-9-38-10-8-35)11-22(24)32-26(37)23-17-39-25(31-23)16-33(2)3/h11-14,17-18H,5-10,15-16H2,1-4H3,(H,32,37)/t18-/m0/s1. The number of halogens is 1. The molecule has 1 atom stereocenters. The minimum absolute atomic E-state index is 0.290. The first-order chi connectivity index (χ1) is 18.8. The van der Waals surface area contributed by atoms with E-state index in [4.69, 9.17) is 4.74 Å². The molecule has 2 aliphatic heterocycles. The van der Waals surface area contributed by atoms with Crippen LogP contribution in [-0.2, 0) is 11.3 Å². The maximum Gasteiger partial charge on any atom is 0.275 e. The molecule has 2 aliphatic rings. The number of ether oxygens (including phenoxy) is 1. The summed E-state index contributed by atoms with van der Waals surface area (Å²) < 4.78 is 21.0. The van der Waals surface area contributed by atoms with Crippen molar-refractivity contribution in [3.8, 4) is 11.1 Å². The van der Waals surface area contributed by atoms with Gasteiger partial charge in [0.05, 0.1) is 24.6 Å². The van der Waals surface area contributed by atoms with Gasteiger partial charge in [0, 0.05) is 74.2 Å². The Labute approximate surface area is 232 Å². The number of hydrogen-bond donors (Lipinski definition) is 1. The van der Waals surface area contributed by atoms with Gasteiger partial charge in [-0.05, 0) is 40.2 Å².